The number of fused-ring (bicyclic) bond motifs is 1. The van der Waals surface area contributed by atoms with Crippen molar-refractivity contribution < 1.29 is 4.79 Å². The smallest absolute Gasteiger partial charge is 0.228 e. The second kappa shape index (κ2) is 5.65. The Morgan fingerprint density at radius 1 is 1.30 bits per heavy atom. The maximum absolute atomic E-state index is 11.4. The lowest BCUT2D eigenvalue weighted by Crippen LogP contribution is -2.20. The molecule has 1 aliphatic heterocycles. The van der Waals surface area contributed by atoms with Gasteiger partial charge in [-0.05, 0) is 42.4 Å². The van der Waals surface area contributed by atoms with Crippen LogP contribution < -0.4 is 10.6 Å². The number of anilines is 2. The summed E-state index contributed by atoms with van der Waals surface area (Å²) in [4.78, 5) is 11.4. The number of hydrogen-bond donors (Lipinski definition) is 2. The van der Waals surface area contributed by atoms with Crippen LogP contribution in [0, 0.1) is 11.8 Å². The van der Waals surface area contributed by atoms with Crippen molar-refractivity contribution in [2.75, 3.05) is 17.2 Å². The Morgan fingerprint density at radius 2 is 2.05 bits per heavy atom. The first-order valence-electron chi connectivity index (χ1n) is 7.48. The SMILES string of the molecule is CC1CCC(CNc2cc3c(cc2Cl)NC(=O)C3)CC1. The van der Waals surface area contributed by atoms with Crippen molar-refractivity contribution >= 4 is 28.9 Å². The fraction of sp³-hybridized carbons (Fsp3) is 0.562. The topological polar surface area (TPSA) is 41.1 Å². The molecule has 108 valence electrons. The number of carbonyl (C=O) groups excluding carboxylic acids is 1. The van der Waals surface area contributed by atoms with Crippen LogP contribution in [-0.4, -0.2) is 12.5 Å². The van der Waals surface area contributed by atoms with E-state index in [-0.39, 0.29) is 5.91 Å². The lowest BCUT2D eigenvalue weighted by Gasteiger charge is -2.26. The Bertz CT molecular complexity index is 521. The molecule has 1 amide bonds. The first-order valence-corrected chi connectivity index (χ1v) is 7.86. The molecule has 0 bridgehead atoms. The lowest BCUT2D eigenvalue weighted by atomic mass is 9.83. The normalized spacial score (nSPS) is 25.2. The van der Waals surface area contributed by atoms with Crippen LogP contribution >= 0.6 is 11.6 Å². The number of benzene rings is 1. The van der Waals surface area contributed by atoms with Gasteiger partial charge in [-0.15, -0.1) is 0 Å². The van der Waals surface area contributed by atoms with Gasteiger partial charge in [-0.3, -0.25) is 4.79 Å². The molecule has 1 aromatic rings. The van der Waals surface area contributed by atoms with E-state index in [9.17, 15) is 4.79 Å². The van der Waals surface area contributed by atoms with Gasteiger partial charge in [0.25, 0.3) is 0 Å². The fourth-order valence-corrected chi connectivity index (χ4v) is 3.40. The Balaban J connectivity index is 1.63. The molecule has 0 atom stereocenters. The van der Waals surface area contributed by atoms with Crippen LogP contribution in [0.25, 0.3) is 0 Å². The van der Waals surface area contributed by atoms with Gasteiger partial charge >= 0.3 is 0 Å². The molecule has 3 nitrogen and oxygen atoms in total. The molecule has 0 unspecified atom stereocenters. The summed E-state index contributed by atoms with van der Waals surface area (Å²) >= 11 is 6.28. The van der Waals surface area contributed by atoms with E-state index in [0.29, 0.717) is 11.4 Å². The molecule has 1 saturated carbocycles. The molecule has 0 saturated heterocycles. The quantitative estimate of drug-likeness (QED) is 0.881. The molecule has 2 aliphatic rings. The van der Waals surface area contributed by atoms with Gasteiger partial charge in [0.05, 0.1) is 17.1 Å². The van der Waals surface area contributed by atoms with E-state index in [1.54, 1.807) is 0 Å². The summed E-state index contributed by atoms with van der Waals surface area (Å²) in [5.41, 5.74) is 2.86. The van der Waals surface area contributed by atoms with Crippen molar-refractivity contribution in [3.63, 3.8) is 0 Å². The van der Waals surface area contributed by atoms with Gasteiger partial charge in [-0.2, -0.15) is 0 Å². The average molecular weight is 293 g/mol. The number of amides is 1. The summed E-state index contributed by atoms with van der Waals surface area (Å²) in [7, 11) is 0. The van der Waals surface area contributed by atoms with Crippen molar-refractivity contribution in [1.82, 2.24) is 0 Å². The number of carbonyl (C=O) groups is 1. The monoisotopic (exact) mass is 292 g/mol. The van der Waals surface area contributed by atoms with E-state index < -0.39 is 0 Å². The minimum absolute atomic E-state index is 0.0504. The van der Waals surface area contributed by atoms with Crippen molar-refractivity contribution in [3.05, 3.63) is 22.7 Å². The second-order valence-corrected chi connectivity index (χ2v) is 6.63. The summed E-state index contributed by atoms with van der Waals surface area (Å²) in [5, 5.41) is 6.99. The minimum atomic E-state index is 0.0504. The van der Waals surface area contributed by atoms with Crippen LogP contribution in [0.4, 0.5) is 11.4 Å². The maximum Gasteiger partial charge on any atom is 0.228 e. The van der Waals surface area contributed by atoms with Crippen molar-refractivity contribution in [2.24, 2.45) is 11.8 Å². The summed E-state index contributed by atoms with van der Waals surface area (Å²) < 4.78 is 0. The van der Waals surface area contributed by atoms with E-state index >= 15 is 0 Å². The first-order chi connectivity index (χ1) is 9.61. The van der Waals surface area contributed by atoms with E-state index in [1.807, 2.05) is 12.1 Å². The van der Waals surface area contributed by atoms with Crippen LogP contribution in [0.1, 0.15) is 38.2 Å². The summed E-state index contributed by atoms with van der Waals surface area (Å²) in [5.74, 6) is 1.68. The Labute approximate surface area is 125 Å². The van der Waals surface area contributed by atoms with Gasteiger partial charge < -0.3 is 10.6 Å². The highest BCUT2D eigenvalue weighted by Crippen LogP contribution is 2.34. The number of rotatable bonds is 3. The molecule has 1 aliphatic carbocycles. The lowest BCUT2D eigenvalue weighted by molar-refractivity contribution is -0.115. The molecule has 3 rings (SSSR count). The van der Waals surface area contributed by atoms with Gasteiger partial charge in [-0.25, -0.2) is 0 Å². The van der Waals surface area contributed by atoms with E-state index in [0.717, 1.165) is 35.3 Å². The molecule has 1 heterocycles. The molecule has 0 spiro atoms. The predicted octanol–water partition coefficient (Wildman–Crippen LogP) is 4.07. The Hall–Kier alpha value is -1.22. The van der Waals surface area contributed by atoms with Gasteiger partial charge in [0, 0.05) is 12.2 Å². The third kappa shape index (κ3) is 2.93. The van der Waals surface area contributed by atoms with Gasteiger partial charge in [0.1, 0.15) is 0 Å². The van der Waals surface area contributed by atoms with Crippen molar-refractivity contribution in [3.8, 4) is 0 Å². The van der Waals surface area contributed by atoms with Crippen LogP contribution in [0.2, 0.25) is 5.02 Å². The van der Waals surface area contributed by atoms with Crippen molar-refractivity contribution in [2.45, 2.75) is 39.0 Å². The molecule has 0 radical (unpaired) electrons. The summed E-state index contributed by atoms with van der Waals surface area (Å²) in [6.45, 7) is 3.32. The Kier molecular flexibility index (Phi) is 3.88. The van der Waals surface area contributed by atoms with Crippen LogP contribution in [0.3, 0.4) is 0 Å². The highest BCUT2D eigenvalue weighted by atomic mass is 35.5. The van der Waals surface area contributed by atoms with Gasteiger partial charge in [0.15, 0.2) is 0 Å². The molecule has 1 fully saturated rings. The van der Waals surface area contributed by atoms with Crippen LogP contribution in [-0.2, 0) is 11.2 Å². The highest BCUT2D eigenvalue weighted by molar-refractivity contribution is 6.33. The maximum atomic E-state index is 11.4. The third-order valence-corrected chi connectivity index (χ3v) is 4.85. The van der Waals surface area contributed by atoms with E-state index in [1.165, 1.54) is 25.7 Å². The number of nitrogens with one attached hydrogen (secondary N) is 2. The molecule has 20 heavy (non-hydrogen) atoms. The number of hydrogen-bond acceptors (Lipinski definition) is 2. The molecule has 1 aromatic carbocycles. The summed E-state index contributed by atoms with van der Waals surface area (Å²) in [6.07, 6.45) is 5.74. The molecule has 4 heteroatoms. The van der Waals surface area contributed by atoms with Gasteiger partial charge in [0.2, 0.25) is 5.91 Å². The average Bonchev–Trinajstić information content (AvgIpc) is 2.77. The standard InChI is InChI=1S/C16H21ClN2O/c1-10-2-4-11(5-3-10)9-18-15-6-12-7-16(20)19-14(12)8-13(15)17/h6,8,10-11,18H,2-5,7,9H2,1H3,(H,19,20). The first kappa shape index (κ1) is 13.7. The fourth-order valence-electron chi connectivity index (χ4n) is 3.17. The molecular formula is C16H21ClN2O. The molecule has 0 aromatic heterocycles. The zero-order valence-corrected chi connectivity index (χ0v) is 12.6. The molecule has 2 N–H and O–H groups in total. The van der Waals surface area contributed by atoms with Gasteiger partial charge in [-0.1, -0.05) is 31.4 Å². The zero-order valence-electron chi connectivity index (χ0n) is 11.8. The second-order valence-electron chi connectivity index (χ2n) is 6.22. The zero-order chi connectivity index (χ0) is 14.1. The Morgan fingerprint density at radius 3 is 2.80 bits per heavy atom. The van der Waals surface area contributed by atoms with E-state index in [2.05, 4.69) is 17.6 Å². The minimum Gasteiger partial charge on any atom is -0.384 e. The predicted molar refractivity (Wildman–Crippen MR) is 83.4 cm³/mol. The van der Waals surface area contributed by atoms with Crippen LogP contribution in [0.5, 0.6) is 0 Å². The van der Waals surface area contributed by atoms with Crippen molar-refractivity contribution in [1.29, 1.82) is 0 Å². The van der Waals surface area contributed by atoms with E-state index in [4.69, 9.17) is 11.6 Å². The summed E-state index contributed by atoms with van der Waals surface area (Å²) in [6, 6.07) is 3.87. The highest BCUT2D eigenvalue weighted by Gasteiger charge is 2.21. The third-order valence-electron chi connectivity index (χ3n) is 4.53. The molecular weight excluding hydrogens is 272 g/mol. The van der Waals surface area contributed by atoms with Crippen LogP contribution in [0.15, 0.2) is 12.1 Å². The number of halogens is 1. The largest absolute Gasteiger partial charge is 0.384 e.